The molecule has 7 nitrogen and oxygen atoms in total. The number of unbranched alkanes of at least 4 members (excludes halogenated alkanes) is 1. The highest BCUT2D eigenvalue weighted by atomic mass is 32.2. The lowest BCUT2D eigenvalue weighted by atomic mass is 10.1. The van der Waals surface area contributed by atoms with Crippen LogP contribution in [0.3, 0.4) is 0 Å². The molecule has 0 radical (unpaired) electrons. The van der Waals surface area contributed by atoms with Gasteiger partial charge in [0, 0.05) is 5.69 Å². The van der Waals surface area contributed by atoms with Crippen molar-refractivity contribution in [3.8, 4) is 0 Å². The fraction of sp³-hybridized carbons (Fsp3) is 0.300. The minimum absolute atomic E-state index is 0.0159. The van der Waals surface area contributed by atoms with Crippen LogP contribution in [0, 0.1) is 6.92 Å². The van der Waals surface area contributed by atoms with Crippen molar-refractivity contribution in [2.24, 2.45) is 5.73 Å². The van der Waals surface area contributed by atoms with E-state index >= 15 is 0 Å². The van der Waals surface area contributed by atoms with Gasteiger partial charge in [0.25, 0.3) is 15.9 Å². The van der Waals surface area contributed by atoms with E-state index in [2.05, 4.69) is 11.6 Å². The van der Waals surface area contributed by atoms with E-state index in [4.69, 9.17) is 10.5 Å². The Labute approximate surface area is 164 Å². The molecule has 0 unspecified atom stereocenters. The van der Waals surface area contributed by atoms with E-state index in [9.17, 15) is 18.0 Å². The molecule has 0 aliphatic heterocycles. The SMILES string of the molecule is CCCCc1ccc(NS(=O)(=O)c2cc(C(=O)OCC(N)=O)ccc2C)cc1. The third-order valence-electron chi connectivity index (χ3n) is 4.08. The van der Waals surface area contributed by atoms with Crippen LogP contribution in [0.15, 0.2) is 47.4 Å². The molecule has 2 aromatic rings. The first-order valence-electron chi connectivity index (χ1n) is 8.90. The number of rotatable bonds is 9. The number of primary amides is 1. The molecule has 0 fully saturated rings. The van der Waals surface area contributed by atoms with E-state index in [1.807, 2.05) is 12.1 Å². The minimum Gasteiger partial charge on any atom is -0.452 e. The zero-order valence-corrected chi connectivity index (χ0v) is 16.7. The molecule has 28 heavy (non-hydrogen) atoms. The maximum absolute atomic E-state index is 12.8. The summed E-state index contributed by atoms with van der Waals surface area (Å²) in [5, 5.41) is 0. The number of carbonyl (C=O) groups excluding carboxylic acids is 2. The Hall–Kier alpha value is -2.87. The van der Waals surface area contributed by atoms with Crippen molar-refractivity contribution in [3.05, 3.63) is 59.2 Å². The Morgan fingerprint density at radius 1 is 1.11 bits per heavy atom. The van der Waals surface area contributed by atoms with E-state index in [1.165, 1.54) is 18.2 Å². The Balaban J connectivity index is 2.21. The number of aryl methyl sites for hydroxylation is 2. The van der Waals surface area contributed by atoms with Crippen LogP contribution in [0.1, 0.15) is 41.3 Å². The Morgan fingerprint density at radius 2 is 1.79 bits per heavy atom. The first-order chi connectivity index (χ1) is 13.2. The molecule has 2 aromatic carbocycles. The first kappa shape index (κ1) is 21.4. The maximum atomic E-state index is 12.8. The summed E-state index contributed by atoms with van der Waals surface area (Å²) < 4.78 is 32.8. The number of carbonyl (C=O) groups is 2. The third-order valence-corrected chi connectivity index (χ3v) is 5.61. The summed E-state index contributed by atoms with van der Waals surface area (Å²) in [6.07, 6.45) is 3.10. The van der Waals surface area contributed by atoms with Crippen molar-refractivity contribution in [1.29, 1.82) is 0 Å². The molecule has 0 saturated heterocycles. The summed E-state index contributed by atoms with van der Waals surface area (Å²) in [6, 6.07) is 11.3. The number of hydrogen-bond donors (Lipinski definition) is 2. The van der Waals surface area contributed by atoms with Gasteiger partial charge < -0.3 is 10.5 Å². The Kier molecular flexibility index (Phi) is 7.17. The highest BCUT2D eigenvalue weighted by Crippen LogP contribution is 2.22. The van der Waals surface area contributed by atoms with E-state index in [-0.39, 0.29) is 10.5 Å². The van der Waals surface area contributed by atoms with Gasteiger partial charge in [0.05, 0.1) is 10.5 Å². The van der Waals surface area contributed by atoms with Gasteiger partial charge >= 0.3 is 5.97 Å². The second-order valence-electron chi connectivity index (χ2n) is 6.43. The Morgan fingerprint density at radius 3 is 2.39 bits per heavy atom. The lowest BCUT2D eigenvalue weighted by molar-refractivity contribution is -0.121. The number of hydrogen-bond acceptors (Lipinski definition) is 5. The van der Waals surface area contributed by atoms with Gasteiger partial charge in [-0.1, -0.05) is 31.5 Å². The molecule has 150 valence electrons. The first-order valence-corrected chi connectivity index (χ1v) is 10.4. The number of nitrogens with two attached hydrogens (primary N) is 1. The summed E-state index contributed by atoms with van der Waals surface area (Å²) in [5.74, 6) is -1.62. The molecule has 0 spiro atoms. The van der Waals surface area contributed by atoms with E-state index in [0.717, 1.165) is 24.8 Å². The van der Waals surface area contributed by atoms with Crippen molar-refractivity contribution in [2.45, 2.75) is 38.0 Å². The van der Waals surface area contributed by atoms with Crippen LogP contribution in [0.2, 0.25) is 0 Å². The number of esters is 1. The number of ether oxygens (including phenoxy) is 1. The lowest BCUT2D eigenvalue weighted by Gasteiger charge is -2.12. The predicted molar refractivity (Wildman–Crippen MR) is 107 cm³/mol. The van der Waals surface area contributed by atoms with Crippen molar-refractivity contribution >= 4 is 27.6 Å². The topological polar surface area (TPSA) is 116 Å². The van der Waals surface area contributed by atoms with Gasteiger partial charge in [-0.2, -0.15) is 0 Å². The molecule has 0 aliphatic carbocycles. The van der Waals surface area contributed by atoms with Crippen LogP contribution in [-0.4, -0.2) is 26.9 Å². The van der Waals surface area contributed by atoms with Crippen LogP contribution < -0.4 is 10.5 Å². The standard InChI is InChI=1S/C20H24N2O5S/c1-3-4-5-15-7-10-17(11-8-15)22-28(25,26)18-12-16(9-6-14(18)2)20(24)27-13-19(21)23/h6-12,22H,3-5,13H2,1-2H3,(H2,21,23). The number of amides is 1. The van der Waals surface area contributed by atoms with Gasteiger partial charge in [-0.05, 0) is 55.2 Å². The molecule has 0 atom stereocenters. The quantitative estimate of drug-likeness (QED) is 0.624. The molecule has 0 bridgehead atoms. The van der Waals surface area contributed by atoms with Gasteiger partial charge in [0.1, 0.15) is 0 Å². The number of anilines is 1. The molecular weight excluding hydrogens is 380 g/mol. The molecule has 0 aliphatic rings. The number of benzene rings is 2. The lowest BCUT2D eigenvalue weighted by Crippen LogP contribution is -2.21. The van der Waals surface area contributed by atoms with E-state index < -0.39 is 28.5 Å². The Bertz CT molecular complexity index is 953. The van der Waals surface area contributed by atoms with E-state index in [0.29, 0.717) is 11.3 Å². The number of nitrogens with one attached hydrogen (secondary N) is 1. The highest BCUT2D eigenvalue weighted by molar-refractivity contribution is 7.92. The van der Waals surface area contributed by atoms with E-state index in [1.54, 1.807) is 19.1 Å². The highest BCUT2D eigenvalue weighted by Gasteiger charge is 2.20. The molecule has 0 aromatic heterocycles. The summed E-state index contributed by atoms with van der Waals surface area (Å²) in [5.41, 5.74) is 7.00. The normalized spacial score (nSPS) is 11.1. The summed E-state index contributed by atoms with van der Waals surface area (Å²) in [6.45, 7) is 3.17. The average molecular weight is 404 g/mol. The molecular formula is C20H24N2O5S. The van der Waals surface area contributed by atoms with Crippen molar-refractivity contribution in [3.63, 3.8) is 0 Å². The van der Waals surface area contributed by atoms with Crippen molar-refractivity contribution < 1.29 is 22.7 Å². The van der Waals surface area contributed by atoms with Gasteiger partial charge in [-0.25, -0.2) is 13.2 Å². The second kappa shape index (κ2) is 9.36. The van der Waals surface area contributed by atoms with Crippen LogP contribution in [0.4, 0.5) is 5.69 Å². The number of sulfonamides is 1. The largest absolute Gasteiger partial charge is 0.452 e. The zero-order chi connectivity index (χ0) is 20.7. The van der Waals surface area contributed by atoms with Gasteiger partial charge in [0.15, 0.2) is 6.61 Å². The monoisotopic (exact) mass is 404 g/mol. The van der Waals surface area contributed by atoms with Gasteiger partial charge in [-0.15, -0.1) is 0 Å². The fourth-order valence-corrected chi connectivity index (χ4v) is 3.90. The van der Waals surface area contributed by atoms with Crippen LogP contribution >= 0.6 is 0 Å². The summed E-state index contributed by atoms with van der Waals surface area (Å²) >= 11 is 0. The molecule has 0 saturated carbocycles. The fourth-order valence-electron chi connectivity index (χ4n) is 2.57. The second-order valence-corrected chi connectivity index (χ2v) is 8.08. The van der Waals surface area contributed by atoms with Gasteiger partial charge in [-0.3, -0.25) is 9.52 Å². The molecule has 3 N–H and O–H groups in total. The van der Waals surface area contributed by atoms with Crippen molar-refractivity contribution in [1.82, 2.24) is 0 Å². The maximum Gasteiger partial charge on any atom is 0.338 e. The predicted octanol–water partition coefficient (Wildman–Crippen LogP) is 2.78. The minimum atomic E-state index is -3.91. The van der Waals surface area contributed by atoms with Gasteiger partial charge in [0.2, 0.25) is 0 Å². The zero-order valence-electron chi connectivity index (χ0n) is 15.9. The molecule has 0 heterocycles. The van der Waals surface area contributed by atoms with Crippen LogP contribution in [0.25, 0.3) is 0 Å². The smallest absolute Gasteiger partial charge is 0.338 e. The molecule has 8 heteroatoms. The van der Waals surface area contributed by atoms with Crippen LogP contribution in [0.5, 0.6) is 0 Å². The average Bonchev–Trinajstić information content (AvgIpc) is 2.65. The van der Waals surface area contributed by atoms with Crippen molar-refractivity contribution in [2.75, 3.05) is 11.3 Å². The molecule has 2 rings (SSSR count). The van der Waals surface area contributed by atoms with Crippen LogP contribution in [-0.2, 0) is 26.0 Å². The summed E-state index contributed by atoms with van der Waals surface area (Å²) in [7, 11) is -3.91. The molecule has 1 amide bonds. The summed E-state index contributed by atoms with van der Waals surface area (Å²) in [4.78, 5) is 22.7. The third kappa shape index (κ3) is 5.82.